The van der Waals surface area contributed by atoms with Crippen LogP contribution in [0.1, 0.15) is 13.3 Å². The topological polar surface area (TPSA) is 35.5 Å². The lowest BCUT2D eigenvalue weighted by Crippen LogP contribution is -2.12. The number of rotatable bonds is 5. The lowest BCUT2D eigenvalue weighted by Gasteiger charge is -2.15. The van der Waals surface area contributed by atoms with Crippen LogP contribution in [0.2, 0.25) is 0 Å². The molecule has 0 unspecified atom stereocenters. The molecule has 6 heteroatoms. The molecule has 0 aromatic rings. The van der Waals surface area contributed by atoms with Gasteiger partial charge in [-0.05, 0) is 6.92 Å². The molecule has 0 radical (unpaired) electrons. The van der Waals surface area contributed by atoms with Gasteiger partial charge in [0.05, 0.1) is 6.16 Å². The van der Waals surface area contributed by atoms with Crippen LogP contribution in [0.4, 0.5) is 8.78 Å². The molecule has 0 rings (SSSR count). The summed E-state index contributed by atoms with van der Waals surface area (Å²) in [5.74, 6) is -2.83. The van der Waals surface area contributed by atoms with Gasteiger partial charge in [-0.15, -0.1) is 0 Å². The first-order chi connectivity index (χ1) is 5.33. The second-order valence-corrected chi connectivity index (χ2v) is 4.92. The predicted molar refractivity (Wildman–Crippen MR) is 41.7 cm³/mol. The highest BCUT2D eigenvalue weighted by Crippen LogP contribution is 2.48. The van der Waals surface area contributed by atoms with Crippen LogP contribution in [0.15, 0.2) is 0 Å². The van der Waals surface area contributed by atoms with E-state index in [9.17, 15) is 13.3 Å². The zero-order valence-corrected chi connectivity index (χ0v) is 8.24. The third kappa shape index (κ3) is 4.80. The predicted octanol–water partition coefficient (Wildman–Crippen LogP) is 2.52. The van der Waals surface area contributed by atoms with Gasteiger partial charge in [0.2, 0.25) is 5.92 Å². The molecule has 0 aliphatic carbocycles. The summed E-state index contributed by atoms with van der Waals surface area (Å²) in [6, 6.07) is 0. The number of alkyl halides is 2. The van der Waals surface area contributed by atoms with E-state index in [0.29, 0.717) is 0 Å². The molecule has 0 bridgehead atoms. The average molecular weight is 202 g/mol. The van der Waals surface area contributed by atoms with Crippen LogP contribution in [-0.4, -0.2) is 26.3 Å². The van der Waals surface area contributed by atoms with Crippen LogP contribution >= 0.6 is 7.60 Å². The fraction of sp³-hybridized carbons (Fsp3) is 1.00. The Morgan fingerprint density at radius 2 is 1.75 bits per heavy atom. The minimum absolute atomic E-state index is 0.260. The first-order valence-corrected chi connectivity index (χ1v) is 5.14. The molecule has 12 heavy (non-hydrogen) atoms. The molecule has 3 nitrogen and oxygen atoms in total. The van der Waals surface area contributed by atoms with Gasteiger partial charge >= 0.3 is 7.60 Å². The monoisotopic (exact) mass is 202 g/mol. The van der Waals surface area contributed by atoms with Crippen molar-refractivity contribution in [1.29, 1.82) is 0 Å². The molecule has 0 spiro atoms. The van der Waals surface area contributed by atoms with Crippen LogP contribution in [0.25, 0.3) is 0 Å². The Morgan fingerprint density at radius 3 is 2.00 bits per heavy atom. The summed E-state index contributed by atoms with van der Waals surface area (Å²) >= 11 is 0. The standard InChI is InChI=1S/C6H13F2O3P/c1-6(7,8)4-5-12(9,10-2)11-3/h4-5H2,1-3H3. The van der Waals surface area contributed by atoms with Crippen molar-refractivity contribution in [3.63, 3.8) is 0 Å². The van der Waals surface area contributed by atoms with E-state index in [-0.39, 0.29) is 6.16 Å². The van der Waals surface area contributed by atoms with Crippen molar-refractivity contribution < 1.29 is 22.4 Å². The van der Waals surface area contributed by atoms with E-state index >= 15 is 0 Å². The van der Waals surface area contributed by atoms with Crippen molar-refractivity contribution >= 4 is 7.60 Å². The second kappa shape index (κ2) is 4.30. The molecule has 74 valence electrons. The van der Waals surface area contributed by atoms with Gasteiger partial charge in [0.15, 0.2) is 0 Å². The van der Waals surface area contributed by atoms with Gasteiger partial charge < -0.3 is 9.05 Å². The minimum atomic E-state index is -3.26. The molecule has 0 saturated carbocycles. The normalized spacial score (nSPS) is 13.4. The third-order valence-corrected chi connectivity index (χ3v) is 3.27. The fourth-order valence-corrected chi connectivity index (χ4v) is 1.77. The van der Waals surface area contributed by atoms with Gasteiger partial charge in [-0.25, -0.2) is 8.78 Å². The smallest absolute Gasteiger partial charge is 0.312 e. The van der Waals surface area contributed by atoms with E-state index in [1.807, 2.05) is 0 Å². The molecule has 0 N–H and O–H groups in total. The van der Waals surface area contributed by atoms with E-state index in [1.54, 1.807) is 0 Å². The summed E-state index contributed by atoms with van der Waals surface area (Å²) in [6.07, 6.45) is -0.755. The van der Waals surface area contributed by atoms with Crippen LogP contribution in [-0.2, 0) is 13.6 Å². The van der Waals surface area contributed by atoms with Crippen molar-refractivity contribution in [2.24, 2.45) is 0 Å². The summed E-state index contributed by atoms with van der Waals surface area (Å²) in [7, 11) is -0.900. The highest BCUT2D eigenvalue weighted by molar-refractivity contribution is 7.53. The van der Waals surface area contributed by atoms with E-state index in [1.165, 1.54) is 14.2 Å². The Morgan fingerprint density at radius 1 is 1.33 bits per heavy atom. The van der Waals surface area contributed by atoms with Crippen molar-refractivity contribution in [3.8, 4) is 0 Å². The molecule has 0 fully saturated rings. The molecule has 0 aromatic carbocycles. The molecule has 0 amide bonds. The molecule has 0 saturated heterocycles. The highest BCUT2D eigenvalue weighted by atomic mass is 31.2. The maximum Gasteiger partial charge on any atom is 0.330 e. The molecule has 0 aromatic heterocycles. The maximum absolute atomic E-state index is 12.3. The van der Waals surface area contributed by atoms with Crippen LogP contribution in [0.5, 0.6) is 0 Å². The number of hydrogen-bond acceptors (Lipinski definition) is 3. The van der Waals surface area contributed by atoms with E-state index < -0.39 is 19.9 Å². The van der Waals surface area contributed by atoms with Gasteiger partial charge in [0, 0.05) is 20.6 Å². The SMILES string of the molecule is COP(=O)(CCC(C)(F)F)OC. The second-order valence-electron chi connectivity index (χ2n) is 2.52. The van der Waals surface area contributed by atoms with Crippen molar-refractivity contribution in [1.82, 2.24) is 0 Å². The Balaban J connectivity index is 3.99. The summed E-state index contributed by atoms with van der Waals surface area (Å²) < 4.78 is 44.8. The van der Waals surface area contributed by atoms with Crippen molar-refractivity contribution in [2.75, 3.05) is 20.4 Å². The quantitative estimate of drug-likeness (QED) is 0.642. The van der Waals surface area contributed by atoms with E-state index in [2.05, 4.69) is 9.05 Å². The Kier molecular flexibility index (Phi) is 4.31. The summed E-state index contributed by atoms with van der Waals surface area (Å²) in [5, 5.41) is 0. The summed E-state index contributed by atoms with van der Waals surface area (Å²) in [4.78, 5) is 0. The largest absolute Gasteiger partial charge is 0.330 e. The number of halogens is 2. The fourth-order valence-electron chi connectivity index (χ4n) is 0.590. The lowest BCUT2D eigenvalue weighted by molar-refractivity contribution is 0.0174. The van der Waals surface area contributed by atoms with Crippen LogP contribution < -0.4 is 0 Å². The minimum Gasteiger partial charge on any atom is -0.312 e. The van der Waals surface area contributed by atoms with E-state index in [0.717, 1.165) is 6.92 Å². The van der Waals surface area contributed by atoms with Crippen LogP contribution in [0.3, 0.4) is 0 Å². The highest BCUT2D eigenvalue weighted by Gasteiger charge is 2.29. The molecular weight excluding hydrogens is 189 g/mol. The molecule has 0 heterocycles. The third-order valence-electron chi connectivity index (χ3n) is 1.38. The van der Waals surface area contributed by atoms with Gasteiger partial charge in [0.25, 0.3) is 0 Å². The van der Waals surface area contributed by atoms with Gasteiger partial charge in [-0.1, -0.05) is 0 Å². The molecule has 0 aliphatic heterocycles. The Hall–Kier alpha value is 0.01000. The zero-order valence-electron chi connectivity index (χ0n) is 7.34. The summed E-state index contributed by atoms with van der Waals surface area (Å²) in [6.45, 7) is 0.767. The molecule has 0 aliphatic rings. The van der Waals surface area contributed by atoms with Gasteiger partial charge in [0.1, 0.15) is 0 Å². The van der Waals surface area contributed by atoms with E-state index in [4.69, 9.17) is 0 Å². The van der Waals surface area contributed by atoms with Gasteiger partial charge in [-0.3, -0.25) is 4.57 Å². The van der Waals surface area contributed by atoms with Crippen LogP contribution in [0, 0.1) is 0 Å². The molecule has 0 atom stereocenters. The average Bonchev–Trinajstić information content (AvgIpc) is 1.99. The maximum atomic E-state index is 12.3. The number of hydrogen-bond donors (Lipinski definition) is 0. The summed E-state index contributed by atoms with van der Waals surface area (Å²) in [5.41, 5.74) is 0. The Bertz CT molecular complexity index is 170. The first kappa shape index (κ1) is 12.0. The van der Waals surface area contributed by atoms with Gasteiger partial charge in [-0.2, -0.15) is 0 Å². The zero-order chi connectivity index (χ0) is 9.83. The molecular formula is C6H13F2O3P. The van der Waals surface area contributed by atoms with Crippen molar-refractivity contribution in [3.05, 3.63) is 0 Å². The Labute approximate surface area is 70.6 Å². The lowest BCUT2D eigenvalue weighted by atomic mass is 10.3. The first-order valence-electron chi connectivity index (χ1n) is 3.41. The van der Waals surface area contributed by atoms with Crippen molar-refractivity contribution in [2.45, 2.75) is 19.3 Å².